The normalized spacial score (nSPS) is 18.3. The molecule has 0 saturated heterocycles. The molecule has 0 amide bonds. The summed E-state index contributed by atoms with van der Waals surface area (Å²) in [5.74, 6) is 0.535. The Morgan fingerprint density at radius 3 is 2.10 bits per heavy atom. The minimum Gasteiger partial charge on any atom is -0.461 e. The SMILES string of the molecule is COCCOC(=O)[C@]1(OCCOC)CC[C@@H](c2cc(N(COCC[Si](C)(C)C)COCC[Si](C)(C)C)n3ncc(-c4ccc(Cl)nc4)c3n2)CC1. The molecule has 4 rings (SSSR count). The molecule has 3 aromatic rings. The van der Waals surface area contributed by atoms with Crippen LogP contribution < -0.4 is 4.90 Å². The predicted octanol–water partition coefficient (Wildman–Crippen LogP) is 7.12. The standard InChI is InChI=1S/C36H58ClN5O7Si2/c1-44-15-17-48-35(43)36(49-18-16-45-2)13-11-28(12-14-36)31-23-33(42-34(40-31)30(25-39-42)29-9-10-32(37)38-24-29)41(26-46-19-21-50(3,4)5)27-47-20-22-51(6,7)8/h9-10,23-25,28H,11-22,26-27H2,1-8H3/t28-,36+. The van der Waals surface area contributed by atoms with Crippen molar-refractivity contribution in [3.8, 4) is 11.1 Å². The highest BCUT2D eigenvalue weighted by Gasteiger charge is 2.45. The third-order valence-corrected chi connectivity index (χ3v) is 12.7. The quantitative estimate of drug-likeness (QED) is 0.0363. The van der Waals surface area contributed by atoms with E-state index in [1.54, 1.807) is 26.5 Å². The molecule has 284 valence electrons. The zero-order valence-corrected chi connectivity index (χ0v) is 34.6. The van der Waals surface area contributed by atoms with Gasteiger partial charge in [0.25, 0.3) is 0 Å². The number of hydrogen-bond donors (Lipinski definition) is 0. The minimum atomic E-state index is -1.28. The summed E-state index contributed by atoms with van der Waals surface area (Å²) < 4.78 is 36.7. The molecule has 0 bridgehead atoms. The lowest BCUT2D eigenvalue weighted by atomic mass is 9.77. The van der Waals surface area contributed by atoms with Crippen molar-refractivity contribution in [3.63, 3.8) is 0 Å². The average molecular weight is 765 g/mol. The van der Waals surface area contributed by atoms with Crippen molar-refractivity contribution in [1.82, 2.24) is 19.6 Å². The van der Waals surface area contributed by atoms with Gasteiger partial charge in [-0.2, -0.15) is 9.61 Å². The first-order valence-electron chi connectivity index (χ1n) is 18.0. The number of carbonyl (C=O) groups excluding carboxylic acids is 1. The predicted molar refractivity (Wildman–Crippen MR) is 206 cm³/mol. The molecule has 0 spiro atoms. The van der Waals surface area contributed by atoms with Crippen LogP contribution in [0.15, 0.2) is 30.6 Å². The lowest BCUT2D eigenvalue weighted by Gasteiger charge is -2.38. The fourth-order valence-electron chi connectivity index (χ4n) is 5.87. The number of aromatic nitrogens is 4. The van der Waals surface area contributed by atoms with Crippen LogP contribution in [0.25, 0.3) is 16.8 Å². The number of carbonyl (C=O) groups is 1. The number of fused-ring (bicyclic) bond motifs is 1. The van der Waals surface area contributed by atoms with E-state index in [1.807, 2.05) is 16.8 Å². The van der Waals surface area contributed by atoms with E-state index in [1.165, 1.54) is 0 Å². The van der Waals surface area contributed by atoms with Gasteiger partial charge in [-0.05, 0) is 49.9 Å². The van der Waals surface area contributed by atoms with Crippen LogP contribution in [-0.2, 0) is 33.2 Å². The van der Waals surface area contributed by atoms with E-state index in [9.17, 15) is 4.79 Å². The molecule has 3 aromatic heterocycles. The van der Waals surface area contributed by atoms with E-state index in [2.05, 4.69) is 55.2 Å². The molecule has 0 aromatic carbocycles. The van der Waals surface area contributed by atoms with Gasteiger partial charge >= 0.3 is 5.97 Å². The first-order chi connectivity index (χ1) is 24.2. The summed E-state index contributed by atoms with van der Waals surface area (Å²) in [7, 11) is 0.630. The number of rotatable bonds is 21. The Kier molecular flexibility index (Phi) is 15.4. The van der Waals surface area contributed by atoms with Crippen molar-refractivity contribution in [1.29, 1.82) is 0 Å². The van der Waals surface area contributed by atoms with Crippen LogP contribution in [0.3, 0.4) is 0 Å². The molecular formula is C36H58ClN5O7Si2. The highest BCUT2D eigenvalue weighted by molar-refractivity contribution is 6.76. The minimum absolute atomic E-state index is 0.0632. The van der Waals surface area contributed by atoms with Gasteiger partial charge in [-0.15, -0.1) is 0 Å². The van der Waals surface area contributed by atoms with E-state index in [0.29, 0.717) is 83.0 Å². The maximum atomic E-state index is 13.4. The number of hydrogen-bond acceptors (Lipinski definition) is 11. The Morgan fingerprint density at radius 1 is 0.902 bits per heavy atom. The number of ether oxygens (including phenoxy) is 6. The summed E-state index contributed by atoms with van der Waals surface area (Å²) in [6, 6.07) is 7.93. The highest BCUT2D eigenvalue weighted by Crippen LogP contribution is 2.42. The van der Waals surface area contributed by atoms with Crippen molar-refractivity contribution in [3.05, 3.63) is 41.4 Å². The Labute approximate surface area is 310 Å². The molecular weight excluding hydrogens is 706 g/mol. The van der Waals surface area contributed by atoms with Gasteiger partial charge in [-0.3, -0.25) is 0 Å². The molecule has 1 fully saturated rings. The second-order valence-corrected chi connectivity index (χ2v) is 27.3. The molecule has 1 saturated carbocycles. The topological polar surface area (TPSA) is 119 Å². The first kappa shape index (κ1) is 41.3. The summed E-state index contributed by atoms with van der Waals surface area (Å²) >= 11 is 6.15. The summed E-state index contributed by atoms with van der Waals surface area (Å²) in [6.45, 7) is 17.3. The monoisotopic (exact) mass is 763 g/mol. The molecule has 0 aliphatic heterocycles. The molecule has 12 nitrogen and oxygen atoms in total. The van der Waals surface area contributed by atoms with Gasteiger partial charge in [0.05, 0.1) is 26.0 Å². The third kappa shape index (κ3) is 12.3. The van der Waals surface area contributed by atoms with Crippen LogP contribution in [0.5, 0.6) is 0 Å². The zero-order valence-electron chi connectivity index (χ0n) is 31.8. The van der Waals surface area contributed by atoms with Crippen LogP contribution in [0.1, 0.15) is 37.3 Å². The van der Waals surface area contributed by atoms with Crippen molar-refractivity contribution in [2.24, 2.45) is 0 Å². The number of nitrogens with zero attached hydrogens (tertiary/aromatic N) is 5. The molecule has 51 heavy (non-hydrogen) atoms. The number of esters is 1. The fraction of sp³-hybridized carbons (Fsp3) is 0.667. The van der Waals surface area contributed by atoms with Crippen molar-refractivity contribution in [2.45, 2.75) is 88.6 Å². The molecule has 0 radical (unpaired) electrons. The van der Waals surface area contributed by atoms with Gasteiger partial charge < -0.3 is 33.3 Å². The number of halogens is 1. The molecule has 0 unspecified atom stereocenters. The van der Waals surface area contributed by atoms with Crippen LogP contribution >= 0.6 is 11.6 Å². The summed E-state index contributed by atoms with van der Waals surface area (Å²) in [5.41, 5.74) is 2.27. The van der Waals surface area contributed by atoms with E-state index in [-0.39, 0.29) is 18.5 Å². The molecule has 3 heterocycles. The maximum absolute atomic E-state index is 13.4. The van der Waals surface area contributed by atoms with Crippen LogP contribution in [-0.4, -0.2) is 115 Å². The van der Waals surface area contributed by atoms with Crippen molar-refractivity contribution >= 4 is 45.2 Å². The lowest BCUT2D eigenvalue weighted by Crippen LogP contribution is -2.46. The van der Waals surface area contributed by atoms with E-state index in [0.717, 1.165) is 34.7 Å². The average Bonchev–Trinajstić information content (AvgIpc) is 3.51. The van der Waals surface area contributed by atoms with Gasteiger partial charge in [-0.1, -0.05) is 50.9 Å². The molecule has 0 N–H and O–H groups in total. The van der Waals surface area contributed by atoms with Crippen molar-refractivity contribution < 1.29 is 33.2 Å². The zero-order chi connectivity index (χ0) is 37.1. The van der Waals surface area contributed by atoms with E-state index >= 15 is 0 Å². The number of anilines is 1. The Bertz CT molecular complexity index is 1500. The van der Waals surface area contributed by atoms with Crippen LogP contribution in [0, 0.1) is 0 Å². The van der Waals surface area contributed by atoms with Crippen LogP contribution in [0.2, 0.25) is 56.5 Å². The highest BCUT2D eigenvalue weighted by atomic mass is 35.5. The van der Waals surface area contributed by atoms with Gasteiger partial charge in [0.2, 0.25) is 0 Å². The maximum Gasteiger partial charge on any atom is 0.338 e. The van der Waals surface area contributed by atoms with Gasteiger partial charge in [0, 0.05) is 78.6 Å². The van der Waals surface area contributed by atoms with Crippen molar-refractivity contribution in [2.75, 3.05) is 72.2 Å². The third-order valence-electron chi connectivity index (χ3n) is 9.09. The number of pyridine rings is 1. The van der Waals surface area contributed by atoms with Gasteiger partial charge in [-0.25, -0.2) is 14.8 Å². The summed E-state index contributed by atoms with van der Waals surface area (Å²) in [5, 5.41) is 5.25. The molecule has 15 heteroatoms. The molecule has 1 aliphatic rings. The van der Waals surface area contributed by atoms with Gasteiger partial charge in [0.15, 0.2) is 11.2 Å². The van der Waals surface area contributed by atoms with Gasteiger partial charge in [0.1, 0.15) is 31.0 Å². The largest absolute Gasteiger partial charge is 0.461 e. The van der Waals surface area contributed by atoms with Crippen LogP contribution in [0.4, 0.5) is 5.82 Å². The smallest absolute Gasteiger partial charge is 0.338 e. The summed E-state index contributed by atoms with van der Waals surface area (Å²) in [4.78, 5) is 25.1. The second kappa shape index (κ2) is 19.1. The number of methoxy groups -OCH3 is 2. The molecule has 1 aliphatic carbocycles. The Morgan fingerprint density at radius 2 is 1.53 bits per heavy atom. The lowest BCUT2D eigenvalue weighted by molar-refractivity contribution is -0.180. The molecule has 0 atom stereocenters. The first-order valence-corrected chi connectivity index (χ1v) is 25.7. The summed E-state index contributed by atoms with van der Waals surface area (Å²) in [6.07, 6.45) is 5.91. The Balaban J connectivity index is 1.69. The van der Waals surface area contributed by atoms with E-state index in [4.69, 9.17) is 50.1 Å². The Hall–Kier alpha value is -2.44. The second-order valence-electron chi connectivity index (χ2n) is 15.7. The fourth-order valence-corrected chi connectivity index (χ4v) is 7.50. The van der Waals surface area contributed by atoms with E-state index < -0.39 is 21.7 Å².